The molecule has 1 aliphatic rings. The number of nitrogens with zero attached hydrogens (tertiary/aromatic N) is 2. The summed E-state index contributed by atoms with van der Waals surface area (Å²) in [4.78, 5) is 13.7. The van der Waals surface area contributed by atoms with E-state index in [1.165, 1.54) is 21.3 Å². The number of rotatable bonds is 8. The van der Waals surface area contributed by atoms with Gasteiger partial charge in [0.25, 0.3) is 0 Å². The average molecular weight is 437 g/mol. The van der Waals surface area contributed by atoms with Gasteiger partial charge in [0.1, 0.15) is 10.6 Å². The van der Waals surface area contributed by atoms with Gasteiger partial charge in [-0.2, -0.15) is 4.31 Å². The number of amides is 1. The number of sulfone groups is 1. The van der Waals surface area contributed by atoms with Crippen molar-refractivity contribution in [1.29, 1.82) is 0 Å². The van der Waals surface area contributed by atoms with Crippen LogP contribution in [0.3, 0.4) is 0 Å². The summed E-state index contributed by atoms with van der Waals surface area (Å²) in [5.74, 6) is -0.984. The topological polar surface area (TPSA) is 91.8 Å². The van der Waals surface area contributed by atoms with Gasteiger partial charge in [0.15, 0.2) is 9.84 Å². The van der Waals surface area contributed by atoms with Crippen LogP contribution in [0.2, 0.25) is 5.02 Å². The van der Waals surface area contributed by atoms with Crippen molar-refractivity contribution in [1.82, 2.24) is 9.21 Å². The second kappa shape index (κ2) is 9.36. The van der Waals surface area contributed by atoms with Gasteiger partial charge in [0.05, 0.1) is 10.8 Å². The third-order valence-electron chi connectivity index (χ3n) is 4.45. The highest BCUT2D eigenvalue weighted by atomic mass is 35.5. The summed E-state index contributed by atoms with van der Waals surface area (Å²) < 4.78 is 50.7. The Labute approximate surface area is 166 Å². The third-order valence-corrected chi connectivity index (χ3v) is 8.44. The van der Waals surface area contributed by atoms with Gasteiger partial charge in [-0.3, -0.25) is 4.79 Å². The molecule has 0 unspecified atom stereocenters. The molecule has 1 fully saturated rings. The highest BCUT2D eigenvalue weighted by molar-refractivity contribution is 7.92. The van der Waals surface area contributed by atoms with Crippen LogP contribution < -0.4 is 0 Å². The molecule has 0 aliphatic carbocycles. The average Bonchev–Trinajstić information content (AvgIpc) is 2.61. The first-order chi connectivity index (χ1) is 12.7. The Morgan fingerprint density at radius 2 is 1.67 bits per heavy atom. The number of sulfonamides is 1. The van der Waals surface area contributed by atoms with Gasteiger partial charge in [-0.25, -0.2) is 16.8 Å². The summed E-state index contributed by atoms with van der Waals surface area (Å²) in [6, 6.07) is 6.20. The van der Waals surface area contributed by atoms with Gasteiger partial charge in [0, 0.05) is 26.2 Å². The van der Waals surface area contributed by atoms with E-state index in [-0.39, 0.29) is 41.8 Å². The molecule has 0 bridgehead atoms. The fourth-order valence-corrected chi connectivity index (χ4v) is 6.16. The van der Waals surface area contributed by atoms with Gasteiger partial charge in [-0.1, -0.05) is 43.5 Å². The third kappa shape index (κ3) is 5.91. The van der Waals surface area contributed by atoms with Crippen LogP contribution in [-0.2, 0) is 24.7 Å². The molecule has 0 atom stereocenters. The summed E-state index contributed by atoms with van der Waals surface area (Å²) >= 11 is 5.99. The quantitative estimate of drug-likeness (QED) is 0.579. The summed E-state index contributed by atoms with van der Waals surface area (Å²) in [6.07, 6.45) is 2.27. The van der Waals surface area contributed by atoms with E-state index in [1.807, 2.05) is 6.92 Å². The summed E-state index contributed by atoms with van der Waals surface area (Å²) in [7, 11) is -7.18. The number of benzene rings is 1. The van der Waals surface area contributed by atoms with E-state index in [9.17, 15) is 21.6 Å². The number of carbonyl (C=O) groups is 1. The van der Waals surface area contributed by atoms with E-state index in [0.717, 1.165) is 12.8 Å². The van der Waals surface area contributed by atoms with Gasteiger partial charge < -0.3 is 4.90 Å². The molecule has 152 valence electrons. The second-order valence-electron chi connectivity index (χ2n) is 6.51. The van der Waals surface area contributed by atoms with Crippen molar-refractivity contribution >= 4 is 37.4 Å². The Morgan fingerprint density at radius 3 is 2.26 bits per heavy atom. The van der Waals surface area contributed by atoms with Gasteiger partial charge in [0.2, 0.25) is 15.9 Å². The van der Waals surface area contributed by atoms with Crippen LogP contribution in [0.1, 0.15) is 26.2 Å². The number of hydrogen-bond donors (Lipinski definition) is 0. The van der Waals surface area contributed by atoms with Crippen molar-refractivity contribution in [3.8, 4) is 0 Å². The van der Waals surface area contributed by atoms with Crippen LogP contribution >= 0.6 is 11.6 Å². The molecule has 10 heteroatoms. The maximum Gasteiger partial charge on any atom is 0.244 e. The van der Waals surface area contributed by atoms with Crippen molar-refractivity contribution in [2.45, 2.75) is 31.1 Å². The van der Waals surface area contributed by atoms with Crippen LogP contribution in [0.5, 0.6) is 0 Å². The lowest BCUT2D eigenvalue weighted by atomic mass is 10.3. The summed E-state index contributed by atoms with van der Waals surface area (Å²) in [5.41, 5.74) is 0. The monoisotopic (exact) mass is 436 g/mol. The predicted octanol–water partition coefficient (Wildman–Crippen LogP) is 1.78. The summed E-state index contributed by atoms with van der Waals surface area (Å²) in [5, 5.41) is 0.147. The first-order valence-electron chi connectivity index (χ1n) is 8.90. The Hall–Kier alpha value is -1.16. The highest BCUT2D eigenvalue weighted by Gasteiger charge is 2.32. The number of halogens is 1. The summed E-state index contributed by atoms with van der Waals surface area (Å²) in [6.45, 7) is 2.51. The Balaban J connectivity index is 1.95. The second-order valence-corrected chi connectivity index (χ2v) is 11.0. The fraction of sp³-hybridized carbons (Fsp3) is 0.588. The van der Waals surface area contributed by atoms with Gasteiger partial charge in [-0.15, -0.1) is 0 Å². The molecule has 2 rings (SSSR count). The van der Waals surface area contributed by atoms with Crippen LogP contribution in [0.25, 0.3) is 0 Å². The molecule has 27 heavy (non-hydrogen) atoms. The Bertz CT molecular complexity index is 863. The molecule has 0 aromatic heterocycles. The molecule has 1 heterocycles. The van der Waals surface area contributed by atoms with E-state index in [2.05, 4.69) is 0 Å². The molecule has 0 spiro atoms. The minimum Gasteiger partial charge on any atom is -0.339 e. The number of piperazine rings is 1. The van der Waals surface area contributed by atoms with E-state index >= 15 is 0 Å². The lowest BCUT2D eigenvalue weighted by Gasteiger charge is -2.34. The molecule has 1 aliphatic heterocycles. The zero-order chi connectivity index (χ0) is 20.1. The fourth-order valence-electron chi connectivity index (χ4n) is 2.89. The SMILES string of the molecule is CCCCCS(=O)(=O)CC(=O)N1CCN(S(=O)(=O)c2ccccc2Cl)CC1. The standard InChI is InChI=1S/C17H25ClN2O5S2/c1-2-3-6-13-26(22,23)14-17(21)19-9-11-20(12-10-19)27(24,25)16-8-5-4-7-15(16)18/h4-5,7-8H,2-3,6,9-14H2,1H3. The lowest BCUT2D eigenvalue weighted by Crippen LogP contribution is -2.51. The van der Waals surface area contributed by atoms with Crippen molar-refractivity contribution in [2.75, 3.05) is 37.7 Å². The van der Waals surface area contributed by atoms with E-state index < -0.39 is 31.5 Å². The lowest BCUT2D eigenvalue weighted by molar-refractivity contribution is -0.129. The maximum atomic E-state index is 12.7. The molecule has 0 radical (unpaired) electrons. The maximum absolute atomic E-state index is 12.7. The Morgan fingerprint density at radius 1 is 1.04 bits per heavy atom. The predicted molar refractivity (Wildman–Crippen MR) is 105 cm³/mol. The molecule has 1 aromatic rings. The molecule has 7 nitrogen and oxygen atoms in total. The van der Waals surface area contributed by atoms with Gasteiger partial charge in [-0.05, 0) is 18.6 Å². The van der Waals surface area contributed by atoms with Crippen molar-refractivity contribution in [3.05, 3.63) is 29.3 Å². The number of hydrogen-bond acceptors (Lipinski definition) is 5. The first-order valence-corrected chi connectivity index (χ1v) is 12.5. The largest absolute Gasteiger partial charge is 0.339 e. The van der Waals surface area contributed by atoms with Gasteiger partial charge >= 0.3 is 0 Å². The van der Waals surface area contributed by atoms with Crippen molar-refractivity contribution in [3.63, 3.8) is 0 Å². The zero-order valence-electron chi connectivity index (χ0n) is 15.3. The molecule has 0 N–H and O–H groups in total. The van der Waals surface area contributed by atoms with E-state index in [1.54, 1.807) is 12.1 Å². The molecule has 1 amide bonds. The van der Waals surface area contributed by atoms with E-state index in [0.29, 0.717) is 6.42 Å². The zero-order valence-corrected chi connectivity index (χ0v) is 17.7. The smallest absolute Gasteiger partial charge is 0.244 e. The molecular weight excluding hydrogens is 412 g/mol. The molecule has 1 aromatic carbocycles. The van der Waals surface area contributed by atoms with Crippen molar-refractivity contribution in [2.24, 2.45) is 0 Å². The number of carbonyl (C=O) groups excluding carboxylic acids is 1. The number of unbranched alkanes of at least 4 members (excludes halogenated alkanes) is 2. The molecule has 1 saturated heterocycles. The van der Waals surface area contributed by atoms with E-state index in [4.69, 9.17) is 11.6 Å². The van der Waals surface area contributed by atoms with Crippen LogP contribution in [0.15, 0.2) is 29.2 Å². The molecule has 0 saturated carbocycles. The Kier molecular flexibility index (Phi) is 7.67. The highest BCUT2D eigenvalue weighted by Crippen LogP contribution is 2.25. The molecular formula is C17H25ClN2O5S2. The minimum atomic E-state index is -3.75. The normalized spacial score (nSPS) is 16.4. The van der Waals surface area contributed by atoms with Crippen LogP contribution in [0.4, 0.5) is 0 Å². The van der Waals surface area contributed by atoms with Crippen LogP contribution in [0, 0.1) is 0 Å². The minimum absolute atomic E-state index is 0.00737. The first kappa shape index (κ1) is 22.1. The van der Waals surface area contributed by atoms with Crippen LogP contribution in [-0.4, -0.2) is 69.6 Å². The van der Waals surface area contributed by atoms with Crippen molar-refractivity contribution < 1.29 is 21.6 Å².